The predicted molar refractivity (Wildman–Crippen MR) is 111 cm³/mol. The second-order valence-electron chi connectivity index (χ2n) is 7.11. The SMILES string of the molecule is Cc1ccc(-n2cnnc2SCC(=O)N2CCN(C(=O)c3cc(C)no3)CC2)cc1. The molecule has 2 amide bonds. The lowest BCUT2D eigenvalue weighted by Crippen LogP contribution is -2.51. The van der Waals surface area contributed by atoms with Crippen molar-refractivity contribution in [3.05, 3.63) is 53.7 Å². The maximum atomic E-state index is 12.7. The molecule has 0 saturated carbocycles. The van der Waals surface area contributed by atoms with E-state index >= 15 is 0 Å². The molecule has 1 saturated heterocycles. The van der Waals surface area contributed by atoms with Crippen molar-refractivity contribution >= 4 is 23.6 Å². The van der Waals surface area contributed by atoms with Gasteiger partial charge in [0.2, 0.25) is 11.7 Å². The van der Waals surface area contributed by atoms with Crippen molar-refractivity contribution in [2.24, 2.45) is 0 Å². The number of aromatic nitrogens is 4. The minimum absolute atomic E-state index is 0.0149. The zero-order valence-corrected chi connectivity index (χ0v) is 17.6. The Kier molecular flexibility index (Phi) is 5.84. The number of rotatable bonds is 5. The summed E-state index contributed by atoms with van der Waals surface area (Å²) in [5, 5.41) is 12.5. The van der Waals surface area contributed by atoms with Gasteiger partial charge in [-0.25, -0.2) is 0 Å². The van der Waals surface area contributed by atoms with Gasteiger partial charge in [-0.05, 0) is 26.0 Å². The summed E-state index contributed by atoms with van der Waals surface area (Å²) in [5.41, 5.74) is 2.80. The molecule has 156 valence electrons. The molecule has 0 spiro atoms. The van der Waals surface area contributed by atoms with Crippen LogP contribution in [0.25, 0.3) is 5.69 Å². The van der Waals surface area contributed by atoms with Gasteiger partial charge in [-0.3, -0.25) is 14.2 Å². The Balaban J connectivity index is 1.30. The van der Waals surface area contributed by atoms with Crippen molar-refractivity contribution in [1.29, 1.82) is 0 Å². The molecule has 4 rings (SSSR count). The number of amides is 2. The molecule has 0 aliphatic carbocycles. The predicted octanol–water partition coefficient (Wildman–Crippen LogP) is 1.95. The monoisotopic (exact) mass is 426 g/mol. The van der Waals surface area contributed by atoms with E-state index in [4.69, 9.17) is 4.52 Å². The molecule has 0 N–H and O–H groups in total. The summed E-state index contributed by atoms with van der Waals surface area (Å²) in [4.78, 5) is 28.5. The van der Waals surface area contributed by atoms with Gasteiger partial charge < -0.3 is 14.3 Å². The Morgan fingerprint density at radius 1 is 1.07 bits per heavy atom. The number of nitrogens with zero attached hydrogens (tertiary/aromatic N) is 6. The molecule has 1 aliphatic rings. The lowest BCUT2D eigenvalue weighted by Gasteiger charge is -2.34. The molecular weight excluding hydrogens is 404 g/mol. The standard InChI is InChI=1S/C20H22N6O3S/c1-14-3-5-16(6-4-14)26-13-21-22-20(26)30-12-18(27)24-7-9-25(10-8-24)19(28)17-11-15(2)23-29-17/h3-6,11,13H,7-10,12H2,1-2H3. The van der Waals surface area contributed by atoms with Crippen LogP contribution in [0.4, 0.5) is 0 Å². The number of hydrogen-bond acceptors (Lipinski definition) is 7. The van der Waals surface area contributed by atoms with E-state index in [9.17, 15) is 9.59 Å². The highest BCUT2D eigenvalue weighted by atomic mass is 32.2. The van der Waals surface area contributed by atoms with Crippen molar-refractivity contribution < 1.29 is 14.1 Å². The van der Waals surface area contributed by atoms with Gasteiger partial charge in [-0.15, -0.1) is 10.2 Å². The van der Waals surface area contributed by atoms with E-state index in [1.807, 2.05) is 35.8 Å². The smallest absolute Gasteiger partial charge is 0.292 e. The maximum absolute atomic E-state index is 12.7. The molecule has 30 heavy (non-hydrogen) atoms. The number of piperazine rings is 1. The van der Waals surface area contributed by atoms with Crippen LogP contribution in [0.3, 0.4) is 0 Å². The first-order valence-corrected chi connectivity index (χ1v) is 10.6. The number of hydrogen-bond donors (Lipinski definition) is 0. The molecule has 0 bridgehead atoms. The van der Waals surface area contributed by atoms with Crippen LogP contribution in [0.15, 0.2) is 46.3 Å². The van der Waals surface area contributed by atoms with Crippen LogP contribution < -0.4 is 0 Å². The van der Waals surface area contributed by atoms with E-state index in [0.717, 1.165) is 5.69 Å². The molecule has 0 radical (unpaired) electrons. The number of benzene rings is 1. The van der Waals surface area contributed by atoms with Crippen LogP contribution in [0.5, 0.6) is 0 Å². The summed E-state index contributed by atoms with van der Waals surface area (Å²) in [6.45, 7) is 5.72. The van der Waals surface area contributed by atoms with Gasteiger partial charge in [0.25, 0.3) is 5.91 Å². The van der Waals surface area contributed by atoms with E-state index in [0.29, 0.717) is 37.0 Å². The lowest BCUT2D eigenvalue weighted by atomic mass is 10.2. The summed E-state index contributed by atoms with van der Waals surface area (Å²) < 4.78 is 6.92. The lowest BCUT2D eigenvalue weighted by molar-refractivity contribution is -0.129. The molecule has 1 aromatic carbocycles. The van der Waals surface area contributed by atoms with Gasteiger partial charge in [0.15, 0.2) is 5.16 Å². The van der Waals surface area contributed by atoms with Gasteiger partial charge in [0.1, 0.15) is 6.33 Å². The van der Waals surface area contributed by atoms with Crippen molar-refractivity contribution in [2.75, 3.05) is 31.9 Å². The van der Waals surface area contributed by atoms with Crippen molar-refractivity contribution in [2.45, 2.75) is 19.0 Å². The molecule has 10 heteroatoms. The Morgan fingerprint density at radius 3 is 2.43 bits per heavy atom. The largest absolute Gasteiger partial charge is 0.351 e. The van der Waals surface area contributed by atoms with Crippen LogP contribution in [-0.4, -0.2) is 73.5 Å². The van der Waals surface area contributed by atoms with Crippen LogP contribution in [-0.2, 0) is 4.79 Å². The zero-order chi connectivity index (χ0) is 21.1. The fraction of sp³-hybridized carbons (Fsp3) is 0.350. The minimum atomic E-state index is -0.191. The van der Waals surface area contributed by atoms with Crippen molar-refractivity contribution in [3.63, 3.8) is 0 Å². The highest BCUT2D eigenvalue weighted by molar-refractivity contribution is 7.99. The number of carbonyl (C=O) groups excluding carboxylic acids is 2. The Labute approximate surface area is 178 Å². The summed E-state index contributed by atoms with van der Waals surface area (Å²) in [5.74, 6) is 0.322. The molecule has 0 atom stereocenters. The van der Waals surface area contributed by atoms with E-state index in [1.54, 1.807) is 29.1 Å². The molecule has 9 nitrogen and oxygen atoms in total. The van der Waals surface area contributed by atoms with Crippen molar-refractivity contribution in [3.8, 4) is 5.69 Å². The third kappa shape index (κ3) is 4.38. The highest BCUT2D eigenvalue weighted by Crippen LogP contribution is 2.20. The van der Waals surface area contributed by atoms with Gasteiger partial charge in [-0.2, -0.15) is 0 Å². The summed E-state index contributed by atoms with van der Waals surface area (Å²) >= 11 is 1.36. The topological polar surface area (TPSA) is 97.4 Å². The quantitative estimate of drug-likeness (QED) is 0.575. The molecule has 1 fully saturated rings. The van der Waals surface area contributed by atoms with Crippen LogP contribution in [0.2, 0.25) is 0 Å². The summed E-state index contributed by atoms with van der Waals surface area (Å²) in [6.07, 6.45) is 1.65. The van der Waals surface area contributed by atoms with Gasteiger partial charge in [0.05, 0.1) is 11.4 Å². The van der Waals surface area contributed by atoms with Crippen LogP contribution in [0, 0.1) is 13.8 Å². The molecule has 0 unspecified atom stereocenters. The number of thioether (sulfide) groups is 1. The molecule has 1 aliphatic heterocycles. The average Bonchev–Trinajstić information content (AvgIpc) is 3.41. The Morgan fingerprint density at radius 2 is 1.77 bits per heavy atom. The van der Waals surface area contributed by atoms with E-state index in [2.05, 4.69) is 15.4 Å². The fourth-order valence-electron chi connectivity index (χ4n) is 3.20. The molecule has 3 heterocycles. The molecular formula is C20H22N6O3S. The van der Waals surface area contributed by atoms with E-state index in [-0.39, 0.29) is 23.3 Å². The van der Waals surface area contributed by atoms with Gasteiger partial charge in [0, 0.05) is 37.9 Å². The summed E-state index contributed by atoms with van der Waals surface area (Å²) in [6, 6.07) is 9.67. The molecule has 3 aromatic rings. The zero-order valence-electron chi connectivity index (χ0n) is 16.8. The second kappa shape index (κ2) is 8.70. The highest BCUT2D eigenvalue weighted by Gasteiger charge is 2.27. The fourth-order valence-corrected chi connectivity index (χ4v) is 4.03. The normalized spacial score (nSPS) is 14.2. The number of carbonyl (C=O) groups is 2. The van der Waals surface area contributed by atoms with Crippen molar-refractivity contribution in [1.82, 2.24) is 29.7 Å². The summed E-state index contributed by atoms with van der Waals surface area (Å²) in [7, 11) is 0. The maximum Gasteiger partial charge on any atom is 0.292 e. The van der Waals surface area contributed by atoms with Crippen LogP contribution >= 0.6 is 11.8 Å². The van der Waals surface area contributed by atoms with Crippen LogP contribution in [0.1, 0.15) is 21.8 Å². The van der Waals surface area contributed by atoms with Gasteiger partial charge in [-0.1, -0.05) is 34.6 Å². The number of aryl methyl sites for hydroxylation is 2. The third-order valence-corrected chi connectivity index (χ3v) is 5.84. The average molecular weight is 427 g/mol. The van der Waals surface area contributed by atoms with E-state index < -0.39 is 0 Å². The first-order valence-electron chi connectivity index (χ1n) is 9.61. The Hall–Kier alpha value is -3.14. The molecule has 2 aromatic heterocycles. The first-order chi connectivity index (χ1) is 14.5. The minimum Gasteiger partial charge on any atom is -0.351 e. The first kappa shape index (κ1) is 20.1. The van der Waals surface area contributed by atoms with Gasteiger partial charge >= 0.3 is 0 Å². The second-order valence-corrected chi connectivity index (χ2v) is 8.06. The Bertz CT molecular complexity index is 1040. The van der Waals surface area contributed by atoms with E-state index in [1.165, 1.54) is 17.3 Å². The third-order valence-electron chi connectivity index (χ3n) is 4.91.